The minimum Gasteiger partial charge on any atom is -0.478 e. The quantitative estimate of drug-likeness (QED) is 0.0955. The van der Waals surface area contributed by atoms with Crippen molar-refractivity contribution in [2.75, 3.05) is 15.0 Å². The molecule has 0 unspecified atom stereocenters. The number of carboxylic acids is 1. The van der Waals surface area contributed by atoms with Crippen LogP contribution in [-0.4, -0.2) is 52.0 Å². The van der Waals surface area contributed by atoms with Gasteiger partial charge in [0.05, 0.1) is 33.4 Å². The van der Waals surface area contributed by atoms with Gasteiger partial charge in [0.1, 0.15) is 23.1 Å². The molecule has 62 heavy (non-hydrogen) atoms. The summed E-state index contributed by atoms with van der Waals surface area (Å²) in [5.41, 5.74) is -1.04. The molecule has 3 atom stereocenters. The van der Waals surface area contributed by atoms with Crippen LogP contribution < -0.4 is 20.3 Å². The second kappa shape index (κ2) is 21.4. The first-order chi connectivity index (χ1) is 30.0. The number of hydrazone groups is 3. The van der Waals surface area contributed by atoms with E-state index in [1.165, 1.54) is 92.4 Å². The first-order valence-electron chi connectivity index (χ1n) is 22.1. The Morgan fingerprint density at radius 3 is 1.69 bits per heavy atom. The van der Waals surface area contributed by atoms with Gasteiger partial charge in [-0.15, -0.1) is 0 Å². The summed E-state index contributed by atoms with van der Waals surface area (Å²) < 4.78 is 0. The molecule has 4 amide bonds. The van der Waals surface area contributed by atoms with Crippen LogP contribution in [0.4, 0.5) is 17.1 Å². The van der Waals surface area contributed by atoms with Gasteiger partial charge in [0.2, 0.25) is 5.91 Å². The van der Waals surface area contributed by atoms with Gasteiger partial charge in [0, 0.05) is 12.1 Å². The largest absolute Gasteiger partial charge is 0.478 e. The Balaban J connectivity index is 1.23. The van der Waals surface area contributed by atoms with Crippen molar-refractivity contribution in [3.05, 3.63) is 89.4 Å². The first kappa shape index (κ1) is 45.8. The van der Waals surface area contributed by atoms with E-state index < -0.39 is 46.8 Å². The zero-order chi connectivity index (χ0) is 44.2. The Kier molecular flexibility index (Phi) is 15.8. The predicted octanol–water partition coefficient (Wildman–Crippen LogP) is 10.1. The molecule has 0 bridgehead atoms. The van der Waals surface area contributed by atoms with Crippen LogP contribution in [-0.2, 0) is 19.2 Å². The number of unbranched alkanes of at least 4 members (excludes halogenated alkanes) is 14. The lowest BCUT2D eigenvalue weighted by molar-refractivity contribution is -0.136. The van der Waals surface area contributed by atoms with E-state index in [1.807, 2.05) is 0 Å². The number of nitrogens with zero attached hydrogens (tertiary/aromatic N) is 6. The molecule has 14 heteroatoms. The van der Waals surface area contributed by atoms with Crippen molar-refractivity contribution < 1.29 is 29.1 Å². The van der Waals surface area contributed by atoms with E-state index in [0.717, 1.165) is 30.7 Å². The maximum absolute atomic E-state index is 15.3. The van der Waals surface area contributed by atoms with Gasteiger partial charge < -0.3 is 10.4 Å². The highest BCUT2D eigenvalue weighted by atomic mass is 35.5. The zero-order valence-electron chi connectivity index (χ0n) is 36.0. The lowest BCUT2D eigenvalue weighted by Gasteiger charge is -2.37. The Labute approximate surface area is 369 Å². The monoisotopic (exact) mass is 863 g/mol. The minimum atomic E-state index is -2.06. The van der Waals surface area contributed by atoms with Crippen LogP contribution in [0.2, 0.25) is 5.02 Å². The van der Waals surface area contributed by atoms with E-state index in [1.54, 1.807) is 74.5 Å². The molecule has 0 aromatic heterocycles. The zero-order valence-corrected chi connectivity index (χ0v) is 36.8. The van der Waals surface area contributed by atoms with Gasteiger partial charge >= 0.3 is 5.97 Å². The van der Waals surface area contributed by atoms with E-state index in [-0.39, 0.29) is 40.0 Å². The number of carbonyl (C=O) groups is 5. The number of halogens is 1. The number of carbonyl (C=O) groups excluding carboxylic acids is 4. The van der Waals surface area contributed by atoms with E-state index in [0.29, 0.717) is 17.8 Å². The van der Waals surface area contributed by atoms with Crippen molar-refractivity contribution in [2.24, 2.45) is 32.6 Å². The first-order valence-corrected chi connectivity index (χ1v) is 22.5. The van der Waals surface area contributed by atoms with Gasteiger partial charge in [-0.1, -0.05) is 145 Å². The number of nitrogens with one attached hydrogen (secondary N) is 1. The number of para-hydroxylation sites is 2. The van der Waals surface area contributed by atoms with Crippen LogP contribution in [0, 0.1) is 17.3 Å². The molecule has 13 nitrogen and oxygen atoms in total. The smallest absolute Gasteiger partial charge is 0.337 e. The highest BCUT2D eigenvalue weighted by Crippen LogP contribution is 2.51. The molecule has 3 heterocycles. The number of aromatic carboxylic acids is 1. The normalized spacial score (nSPS) is 19.9. The SMILES string of the molecule is CCCCCCCCCCCCCCCCCC(=O)NC1=NN(c2ccc(Cl)c(C(=O)O)c2)C(=O)[C@@H]1[C@]1([C@@H]2C(=O)N(c3ccccc3)N=C2C)C(=O)N(c2ccccc2)N=C1C. The van der Waals surface area contributed by atoms with Gasteiger partial charge in [-0.2, -0.15) is 25.3 Å². The second-order valence-electron chi connectivity index (χ2n) is 16.5. The summed E-state index contributed by atoms with van der Waals surface area (Å²) in [6.45, 7) is 5.46. The topological polar surface area (TPSA) is 164 Å². The summed E-state index contributed by atoms with van der Waals surface area (Å²) >= 11 is 6.22. The lowest BCUT2D eigenvalue weighted by atomic mass is 9.61. The molecule has 0 fully saturated rings. The number of amidine groups is 1. The van der Waals surface area contributed by atoms with Gasteiger partial charge in [0.25, 0.3) is 17.7 Å². The van der Waals surface area contributed by atoms with E-state index in [2.05, 4.69) is 22.4 Å². The summed E-state index contributed by atoms with van der Waals surface area (Å²) in [7, 11) is 0. The number of anilines is 3. The summed E-state index contributed by atoms with van der Waals surface area (Å²) in [4.78, 5) is 71.2. The van der Waals surface area contributed by atoms with E-state index in [4.69, 9.17) is 16.7 Å². The maximum atomic E-state index is 15.3. The number of hydrogen-bond acceptors (Lipinski definition) is 8. The lowest BCUT2D eigenvalue weighted by Crippen LogP contribution is -2.60. The third kappa shape index (κ3) is 9.99. The van der Waals surface area contributed by atoms with E-state index in [9.17, 15) is 19.5 Å². The molecule has 0 saturated carbocycles. The van der Waals surface area contributed by atoms with Crippen molar-refractivity contribution in [3.8, 4) is 0 Å². The van der Waals surface area contributed by atoms with Crippen molar-refractivity contribution >= 4 is 75.5 Å². The third-order valence-electron chi connectivity index (χ3n) is 12.1. The fourth-order valence-corrected chi connectivity index (χ4v) is 9.04. The Morgan fingerprint density at radius 2 is 1.15 bits per heavy atom. The molecule has 3 aromatic carbocycles. The van der Waals surface area contributed by atoms with E-state index >= 15 is 9.59 Å². The minimum absolute atomic E-state index is 0.0395. The highest BCUT2D eigenvalue weighted by Gasteiger charge is 2.69. The molecule has 3 aliphatic heterocycles. The van der Waals surface area contributed by atoms with Gasteiger partial charge in [0.15, 0.2) is 0 Å². The van der Waals surface area contributed by atoms with Gasteiger partial charge in [-0.25, -0.2) is 9.80 Å². The fourth-order valence-electron chi connectivity index (χ4n) is 8.85. The number of hydrogen-bond donors (Lipinski definition) is 2. The van der Waals surface area contributed by atoms with Crippen molar-refractivity contribution in [1.29, 1.82) is 0 Å². The third-order valence-corrected chi connectivity index (χ3v) is 12.4. The van der Waals surface area contributed by atoms with Crippen LogP contribution in [0.25, 0.3) is 0 Å². The summed E-state index contributed by atoms with van der Waals surface area (Å²) in [5.74, 6) is -6.86. The molecule has 0 radical (unpaired) electrons. The Morgan fingerprint density at radius 1 is 0.645 bits per heavy atom. The molecule has 0 saturated heterocycles. The number of benzene rings is 3. The number of rotatable bonds is 22. The molecule has 328 valence electrons. The molecule has 3 aromatic rings. The fraction of sp³-hybridized carbons (Fsp3) is 0.458. The molecule has 0 aliphatic carbocycles. The summed E-state index contributed by atoms with van der Waals surface area (Å²) in [5, 5.41) is 30.0. The predicted molar refractivity (Wildman–Crippen MR) is 245 cm³/mol. The molecule has 0 spiro atoms. The average molecular weight is 864 g/mol. The molecule has 3 aliphatic rings. The standard InChI is InChI=1S/C48H58ClN7O6/c1-4-5-6-7-8-9-10-11-12-13-14-15-16-17-24-29-40(57)50-43-42(45(59)55(53-43)37-30-31-39(49)38(32-37)46(60)61)48(34(3)52-56(47(48)62)36-27-22-19-23-28-36)41-33(2)51-54(44(41)58)35-25-20-18-21-26-35/h18-23,25-28,30-32,41-42H,4-17,24,29H2,1-3H3,(H,60,61)(H,50,53,57)/t41-,42+,48-/m0/s1. The van der Waals surface area contributed by atoms with Crippen molar-refractivity contribution in [3.63, 3.8) is 0 Å². The summed E-state index contributed by atoms with van der Waals surface area (Å²) in [6, 6.07) is 21.4. The average Bonchev–Trinajstić information content (AvgIpc) is 3.85. The van der Waals surface area contributed by atoms with Crippen LogP contribution in [0.15, 0.2) is 94.2 Å². The Bertz CT molecular complexity index is 2200. The van der Waals surface area contributed by atoms with Crippen LogP contribution >= 0.6 is 11.6 Å². The molecular formula is C48H58ClN7O6. The van der Waals surface area contributed by atoms with Crippen molar-refractivity contribution in [1.82, 2.24) is 5.32 Å². The molecule has 6 rings (SSSR count). The Hall–Kier alpha value is -5.69. The van der Waals surface area contributed by atoms with Crippen molar-refractivity contribution in [2.45, 2.75) is 124 Å². The second-order valence-corrected chi connectivity index (χ2v) is 16.9. The number of carboxylic acid groups (broad SMARTS) is 1. The van der Waals surface area contributed by atoms with Crippen LogP contribution in [0.5, 0.6) is 0 Å². The number of amides is 4. The summed E-state index contributed by atoms with van der Waals surface area (Å²) in [6.07, 6.45) is 17.9. The molecular weight excluding hydrogens is 806 g/mol. The van der Waals surface area contributed by atoms with Gasteiger partial charge in [-0.05, 0) is 62.7 Å². The maximum Gasteiger partial charge on any atom is 0.337 e. The van der Waals surface area contributed by atoms with Crippen LogP contribution in [0.1, 0.15) is 134 Å². The van der Waals surface area contributed by atoms with Crippen LogP contribution in [0.3, 0.4) is 0 Å². The van der Waals surface area contributed by atoms with Gasteiger partial charge in [-0.3, -0.25) is 19.2 Å². The molecule has 2 N–H and O–H groups in total. The highest BCUT2D eigenvalue weighted by molar-refractivity contribution is 6.35.